The highest BCUT2D eigenvalue weighted by Crippen LogP contribution is 2.48. The zero-order chi connectivity index (χ0) is 24.7. The zero-order valence-corrected chi connectivity index (χ0v) is 21.5. The molecule has 1 aliphatic heterocycles. The Bertz CT molecular complexity index is 1170. The van der Waals surface area contributed by atoms with Crippen molar-refractivity contribution < 1.29 is 18.3 Å². The van der Waals surface area contributed by atoms with Gasteiger partial charge in [0.15, 0.2) is 0 Å². The third kappa shape index (κ3) is 5.07. The fraction of sp³-hybridized carbons (Fsp3) is 0.571. The Hall–Kier alpha value is -1.77. The first-order valence-electron chi connectivity index (χ1n) is 12.9. The molecule has 2 fully saturated rings. The molecule has 0 radical (unpaired) electrons. The summed E-state index contributed by atoms with van der Waals surface area (Å²) in [4.78, 5) is 2.53. The highest BCUT2D eigenvalue weighted by Gasteiger charge is 2.46. The monoisotopic (exact) mass is 498 g/mol. The Balaban J connectivity index is 1.34. The largest absolute Gasteiger partial charge is 0.388 e. The first-order valence-corrected chi connectivity index (χ1v) is 14.5. The summed E-state index contributed by atoms with van der Waals surface area (Å²) in [5.74, 6) is 0. The number of methoxy groups -OCH3 is 1. The van der Waals surface area contributed by atoms with Gasteiger partial charge in [0.1, 0.15) is 5.25 Å². The van der Waals surface area contributed by atoms with E-state index in [0.29, 0.717) is 11.6 Å². The van der Waals surface area contributed by atoms with E-state index in [1.54, 1.807) is 0 Å². The van der Waals surface area contributed by atoms with Crippen molar-refractivity contribution in [1.29, 1.82) is 0 Å². The maximum absolute atomic E-state index is 12.2. The fourth-order valence-electron chi connectivity index (χ4n) is 6.92. The number of aryl methyl sites for hydroxylation is 1. The number of likely N-dealkylation sites (tertiary alicyclic amines) is 1. The lowest BCUT2D eigenvalue weighted by molar-refractivity contribution is -0.0456. The second kappa shape index (κ2) is 9.60. The van der Waals surface area contributed by atoms with Crippen LogP contribution in [0.3, 0.4) is 0 Å². The van der Waals surface area contributed by atoms with E-state index in [-0.39, 0.29) is 12.0 Å². The van der Waals surface area contributed by atoms with E-state index >= 15 is 0 Å². The SMILES string of the molecule is COCC(c1cccc(C23CCCC(C2)N(CC2(O)CCc4ccccc4C2)CC3)c1)S(N)(=O)=O. The van der Waals surface area contributed by atoms with E-state index in [0.717, 1.165) is 64.5 Å². The van der Waals surface area contributed by atoms with Gasteiger partial charge >= 0.3 is 0 Å². The van der Waals surface area contributed by atoms with E-state index in [9.17, 15) is 13.5 Å². The number of rotatable bonds is 7. The molecule has 3 aliphatic rings. The number of nitrogens with zero attached hydrogens (tertiary/aromatic N) is 1. The van der Waals surface area contributed by atoms with Gasteiger partial charge < -0.3 is 9.84 Å². The molecule has 2 aliphatic carbocycles. The maximum Gasteiger partial charge on any atom is 0.218 e. The van der Waals surface area contributed by atoms with Crippen molar-refractivity contribution in [2.45, 2.75) is 73.7 Å². The van der Waals surface area contributed by atoms with Crippen molar-refractivity contribution in [3.8, 4) is 0 Å². The average molecular weight is 499 g/mol. The van der Waals surface area contributed by atoms with Crippen LogP contribution in [-0.2, 0) is 33.0 Å². The molecule has 0 amide bonds. The smallest absolute Gasteiger partial charge is 0.218 e. The minimum absolute atomic E-state index is 0.0488. The normalized spacial score (nSPS) is 30.0. The molecule has 1 heterocycles. The third-order valence-electron chi connectivity index (χ3n) is 8.79. The quantitative estimate of drug-likeness (QED) is 0.610. The summed E-state index contributed by atoms with van der Waals surface area (Å²) in [6, 6.07) is 17.0. The topological polar surface area (TPSA) is 92.9 Å². The molecule has 1 saturated carbocycles. The lowest BCUT2D eigenvalue weighted by atomic mass is 9.63. The first kappa shape index (κ1) is 24.9. The standard InChI is InChI=1S/C28H38N2O4S/c1-34-19-26(35(29,32)33)22-8-4-9-24(16-22)27-12-5-10-25(18-27)30(15-14-27)20-28(31)13-11-21-6-2-3-7-23(21)17-28/h2-4,6-9,16,25-26,31H,5,10-15,17-20H2,1H3,(H2,29,32,33). The van der Waals surface area contributed by atoms with E-state index in [4.69, 9.17) is 9.88 Å². The van der Waals surface area contributed by atoms with Crippen molar-refractivity contribution >= 4 is 10.0 Å². The summed E-state index contributed by atoms with van der Waals surface area (Å²) in [6.07, 6.45) is 7.96. The Labute approximate surface area is 209 Å². The number of primary sulfonamides is 1. The summed E-state index contributed by atoms with van der Waals surface area (Å²) in [6.45, 7) is 1.73. The number of sulfonamides is 1. The minimum atomic E-state index is -3.77. The third-order valence-corrected chi connectivity index (χ3v) is 9.99. The molecule has 0 spiro atoms. The molecular formula is C28H38N2O4S. The molecule has 6 nitrogen and oxygen atoms in total. The van der Waals surface area contributed by atoms with Crippen molar-refractivity contribution in [1.82, 2.24) is 4.90 Å². The maximum atomic E-state index is 12.2. The molecule has 190 valence electrons. The van der Waals surface area contributed by atoms with Gasteiger partial charge in [-0.1, -0.05) is 55.0 Å². The molecule has 3 N–H and O–H groups in total. The van der Waals surface area contributed by atoms with Crippen LogP contribution in [0.1, 0.15) is 66.0 Å². The summed E-state index contributed by atoms with van der Waals surface area (Å²) in [7, 11) is -2.26. The molecule has 4 atom stereocenters. The van der Waals surface area contributed by atoms with Crippen LogP contribution in [0.5, 0.6) is 0 Å². The first-order chi connectivity index (χ1) is 16.7. The van der Waals surface area contributed by atoms with Gasteiger partial charge in [0.25, 0.3) is 0 Å². The predicted molar refractivity (Wildman–Crippen MR) is 138 cm³/mol. The van der Waals surface area contributed by atoms with Crippen LogP contribution in [0.25, 0.3) is 0 Å². The number of hydrogen-bond acceptors (Lipinski definition) is 5. The molecular weight excluding hydrogens is 460 g/mol. The Morgan fingerprint density at radius 2 is 1.94 bits per heavy atom. The van der Waals surface area contributed by atoms with Gasteiger partial charge in [0, 0.05) is 26.1 Å². The van der Waals surface area contributed by atoms with Crippen LogP contribution < -0.4 is 5.14 Å². The molecule has 2 bridgehead atoms. The summed E-state index contributed by atoms with van der Waals surface area (Å²) < 4.78 is 29.6. The van der Waals surface area contributed by atoms with Crippen molar-refractivity contribution in [2.24, 2.45) is 5.14 Å². The number of β-amino-alcohol motifs (C(OH)–C–C–N with tert-alkyl or cyclic N) is 1. The highest BCUT2D eigenvalue weighted by molar-refractivity contribution is 7.89. The number of nitrogens with two attached hydrogens (primary N) is 1. The number of aliphatic hydroxyl groups is 1. The molecule has 0 aromatic heterocycles. The lowest BCUT2D eigenvalue weighted by Gasteiger charge is -2.53. The van der Waals surface area contributed by atoms with Gasteiger partial charge in [-0.2, -0.15) is 0 Å². The second-order valence-corrected chi connectivity index (χ2v) is 12.8. The van der Waals surface area contributed by atoms with E-state index in [2.05, 4.69) is 41.3 Å². The van der Waals surface area contributed by atoms with Gasteiger partial charge in [-0.05, 0) is 72.7 Å². The molecule has 5 rings (SSSR count). The molecule has 2 aromatic carbocycles. The van der Waals surface area contributed by atoms with Crippen LogP contribution in [-0.4, -0.2) is 56.9 Å². The Morgan fingerprint density at radius 1 is 1.14 bits per heavy atom. The van der Waals surface area contributed by atoms with E-state index < -0.39 is 20.9 Å². The van der Waals surface area contributed by atoms with E-state index in [1.165, 1.54) is 23.8 Å². The van der Waals surface area contributed by atoms with Crippen molar-refractivity contribution in [3.05, 3.63) is 70.8 Å². The van der Waals surface area contributed by atoms with Gasteiger partial charge in [0.05, 0.1) is 12.2 Å². The predicted octanol–water partition coefficient (Wildman–Crippen LogP) is 3.47. The Kier molecular flexibility index (Phi) is 6.83. The van der Waals surface area contributed by atoms with Gasteiger partial charge in [-0.25, -0.2) is 13.6 Å². The number of fused-ring (bicyclic) bond motifs is 3. The van der Waals surface area contributed by atoms with E-state index in [1.807, 2.05) is 12.1 Å². The summed E-state index contributed by atoms with van der Waals surface area (Å²) >= 11 is 0. The van der Waals surface area contributed by atoms with Crippen molar-refractivity contribution in [3.63, 3.8) is 0 Å². The number of piperidine rings is 1. The van der Waals surface area contributed by atoms with Gasteiger partial charge in [-0.15, -0.1) is 0 Å². The lowest BCUT2D eigenvalue weighted by Crippen LogP contribution is -2.57. The fourth-order valence-corrected chi connectivity index (χ4v) is 7.77. The average Bonchev–Trinajstić information content (AvgIpc) is 2.84. The molecule has 4 unspecified atom stereocenters. The van der Waals surface area contributed by atoms with Crippen LogP contribution in [0.4, 0.5) is 0 Å². The van der Waals surface area contributed by atoms with Crippen LogP contribution in [0.15, 0.2) is 48.5 Å². The number of benzene rings is 2. The zero-order valence-electron chi connectivity index (χ0n) is 20.7. The van der Waals surface area contributed by atoms with Crippen LogP contribution in [0, 0.1) is 0 Å². The summed E-state index contributed by atoms with van der Waals surface area (Å²) in [5, 5.41) is 16.2. The second-order valence-electron chi connectivity index (χ2n) is 11.1. The number of ether oxygens (including phenoxy) is 1. The molecule has 1 saturated heterocycles. The van der Waals surface area contributed by atoms with Crippen LogP contribution in [0.2, 0.25) is 0 Å². The van der Waals surface area contributed by atoms with Gasteiger partial charge in [0.2, 0.25) is 10.0 Å². The molecule has 2 aromatic rings. The summed E-state index contributed by atoms with van der Waals surface area (Å²) in [5.41, 5.74) is 3.96. The van der Waals surface area contributed by atoms with Gasteiger partial charge in [-0.3, -0.25) is 4.90 Å². The Morgan fingerprint density at radius 3 is 2.71 bits per heavy atom. The minimum Gasteiger partial charge on any atom is -0.388 e. The molecule has 7 heteroatoms. The highest BCUT2D eigenvalue weighted by atomic mass is 32.2. The van der Waals surface area contributed by atoms with Crippen molar-refractivity contribution in [2.75, 3.05) is 26.8 Å². The molecule has 35 heavy (non-hydrogen) atoms. The number of hydrogen-bond donors (Lipinski definition) is 2. The van der Waals surface area contributed by atoms with Crippen LogP contribution >= 0.6 is 0 Å².